The molecule has 2 aromatic carbocycles. The zero-order valence-corrected chi connectivity index (χ0v) is 23.4. The number of nitrogens with zero attached hydrogens (tertiary/aromatic N) is 3. The van der Waals surface area contributed by atoms with E-state index in [-0.39, 0.29) is 35.0 Å². The Balaban J connectivity index is 1.47. The minimum atomic E-state index is -0.310. The van der Waals surface area contributed by atoms with Gasteiger partial charge in [-0.1, -0.05) is 39.3 Å². The van der Waals surface area contributed by atoms with Crippen molar-refractivity contribution in [2.45, 2.75) is 58.8 Å². The van der Waals surface area contributed by atoms with E-state index in [0.717, 1.165) is 31.6 Å². The van der Waals surface area contributed by atoms with Crippen LogP contribution in [0.25, 0.3) is 0 Å². The van der Waals surface area contributed by atoms with Crippen molar-refractivity contribution in [2.75, 3.05) is 18.0 Å². The Labute approximate surface area is 226 Å². The first-order chi connectivity index (χ1) is 16.5. The number of carbonyl (C=O) groups is 1. The van der Waals surface area contributed by atoms with Crippen molar-refractivity contribution in [3.8, 4) is 11.8 Å². The maximum Gasteiger partial charge on any atom is 0.262 e. The number of anilines is 1. The molecule has 1 aliphatic carbocycles. The van der Waals surface area contributed by atoms with Crippen LogP contribution in [0.2, 0.25) is 5.02 Å². The lowest BCUT2D eigenvalue weighted by atomic mass is 9.49. The molecule has 0 aromatic heterocycles. The Morgan fingerprint density at radius 3 is 2.29 bits per heavy atom. The van der Waals surface area contributed by atoms with E-state index in [4.69, 9.17) is 21.6 Å². The van der Waals surface area contributed by atoms with Crippen molar-refractivity contribution in [3.63, 3.8) is 0 Å². The number of nitriles is 1. The molecule has 2 fully saturated rings. The van der Waals surface area contributed by atoms with Gasteiger partial charge in [-0.25, -0.2) is 0 Å². The van der Waals surface area contributed by atoms with E-state index in [9.17, 15) is 9.90 Å². The van der Waals surface area contributed by atoms with Crippen molar-refractivity contribution < 1.29 is 14.6 Å². The number of aliphatic hydroxyl groups excluding tert-OH is 1. The van der Waals surface area contributed by atoms with Crippen LogP contribution in [0, 0.1) is 22.2 Å². The highest BCUT2D eigenvalue weighted by molar-refractivity contribution is 14.1. The Morgan fingerprint density at radius 2 is 1.74 bits per heavy atom. The van der Waals surface area contributed by atoms with Crippen LogP contribution in [0.15, 0.2) is 42.5 Å². The number of aliphatic hydroxyl groups is 1. The highest BCUT2D eigenvalue weighted by Crippen LogP contribution is 2.59. The summed E-state index contributed by atoms with van der Waals surface area (Å²) in [6.45, 7) is 10.1. The minimum absolute atomic E-state index is 0.0303. The molecule has 0 bridgehead atoms. The smallest absolute Gasteiger partial charge is 0.262 e. The van der Waals surface area contributed by atoms with Crippen LogP contribution in [0.4, 0.5) is 5.69 Å². The summed E-state index contributed by atoms with van der Waals surface area (Å²) >= 11 is 8.34. The van der Waals surface area contributed by atoms with E-state index in [0.29, 0.717) is 21.9 Å². The number of ether oxygens (including phenoxy) is 1. The lowest BCUT2D eigenvalue weighted by Gasteiger charge is -2.64. The third-order valence-electron chi connectivity index (χ3n) is 7.44. The second-order valence-electron chi connectivity index (χ2n) is 10.7. The molecule has 6 nitrogen and oxygen atoms in total. The monoisotopic (exact) mass is 607 g/mol. The maximum absolute atomic E-state index is 13.4. The van der Waals surface area contributed by atoms with Crippen LogP contribution >= 0.6 is 34.5 Å². The molecule has 1 amide bonds. The van der Waals surface area contributed by atoms with E-state index in [2.05, 4.69) is 61.5 Å². The molecule has 8 heteroatoms. The first-order valence-corrected chi connectivity index (χ1v) is 13.2. The number of halogens is 2. The molecule has 2 aromatic rings. The van der Waals surface area contributed by atoms with E-state index in [1.54, 1.807) is 18.2 Å². The summed E-state index contributed by atoms with van der Waals surface area (Å²) in [4.78, 5) is 15.7. The number of benzene rings is 2. The highest BCUT2D eigenvalue weighted by Gasteiger charge is 2.66. The van der Waals surface area contributed by atoms with Gasteiger partial charge in [-0.3, -0.25) is 7.91 Å². The van der Waals surface area contributed by atoms with Crippen LogP contribution < -0.4 is 9.64 Å². The number of piperidine rings is 1. The molecule has 1 saturated heterocycles. The predicted molar refractivity (Wildman–Crippen MR) is 146 cm³/mol. The van der Waals surface area contributed by atoms with Crippen molar-refractivity contribution >= 4 is 46.1 Å². The molecule has 2 aliphatic rings. The van der Waals surface area contributed by atoms with Gasteiger partial charge in [0.1, 0.15) is 17.9 Å². The van der Waals surface area contributed by atoms with Crippen LogP contribution in [0.3, 0.4) is 0 Å². The number of carbonyl (C=O) groups excluding carboxylic acids is 1. The molecule has 0 unspecified atom stereocenters. The lowest BCUT2D eigenvalue weighted by molar-refractivity contribution is -0.179. The van der Waals surface area contributed by atoms with Gasteiger partial charge in [-0.2, -0.15) is 5.26 Å². The molecule has 1 heterocycles. The number of rotatable bonds is 5. The summed E-state index contributed by atoms with van der Waals surface area (Å²) in [5.74, 6) is 0.586. The Bertz CT molecular complexity index is 1120. The molecular formula is C27H31ClIN3O3. The summed E-state index contributed by atoms with van der Waals surface area (Å²) < 4.78 is 8.17. The molecule has 186 valence electrons. The predicted octanol–water partition coefficient (Wildman–Crippen LogP) is 5.85. The van der Waals surface area contributed by atoms with Gasteiger partial charge in [-0.05, 0) is 49.2 Å². The van der Waals surface area contributed by atoms with E-state index >= 15 is 0 Å². The molecule has 0 spiro atoms. The number of hydrogen-bond acceptors (Lipinski definition) is 5. The van der Waals surface area contributed by atoms with Crippen molar-refractivity contribution in [1.82, 2.24) is 3.11 Å². The summed E-state index contributed by atoms with van der Waals surface area (Å²) in [5.41, 5.74) is 1.52. The standard InChI is InChI=1S/C27H31ClIN3O3/c1-26(2)24(27(3,4)25(26)35-21-10-7-18(16-30)22(28)15-21)32(29)23(34)17-5-8-19(9-6-17)31-13-11-20(33)12-14-31/h5-10,15,20,24-25,33H,11-14H2,1-4H3/t24-,25-. The van der Waals surface area contributed by atoms with Crippen molar-refractivity contribution in [3.05, 3.63) is 58.6 Å². The second-order valence-corrected chi connectivity index (χ2v) is 12.1. The van der Waals surface area contributed by atoms with Gasteiger partial charge in [0.2, 0.25) is 0 Å². The second kappa shape index (κ2) is 9.79. The van der Waals surface area contributed by atoms with Crippen LogP contribution in [-0.4, -0.2) is 45.5 Å². The van der Waals surface area contributed by atoms with Gasteiger partial charge >= 0.3 is 0 Å². The minimum Gasteiger partial charge on any atom is -0.489 e. The molecule has 1 saturated carbocycles. The van der Waals surface area contributed by atoms with Crippen molar-refractivity contribution in [2.24, 2.45) is 10.8 Å². The largest absolute Gasteiger partial charge is 0.489 e. The van der Waals surface area contributed by atoms with Gasteiger partial charge in [0, 0.05) is 41.2 Å². The van der Waals surface area contributed by atoms with Gasteiger partial charge in [0.25, 0.3) is 5.91 Å². The summed E-state index contributed by atoms with van der Waals surface area (Å²) in [5, 5.41) is 19.2. The lowest BCUT2D eigenvalue weighted by Crippen LogP contribution is -2.73. The first kappa shape index (κ1) is 26.1. The summed E-state index contributed by atoms with van der Waals surface area (Å²) in [7, 11) is 0. The zero-order valence-electron chi connectivity index (χ0n) is 20.5. The van der Waals surface area contributed by atoms with Gasteiger partial charge in [0.05, 0.1) is 45.6 Å². The Morgan fingerprint density at radius 1 is 1.14 bits per heavy atom. The molecule has 35 heavy (non-hydrogen) atoms. The fraction of sp³-hybridized carbons (Fsp3) is 0.481. The van der Waals surface area contributed by atoms with Crippen LogP contribution in [0.1, 0.15) is 56.5 Å². The quantitative estimate of drug-likeness (QED) is 0.341. The van der Waals surface area contributed by atoms with Gasteiger partial charge < -0.3 is 14.7 Å². The van der Waals surface area contributed by atoms with E-state index < -0.39 is 0 Å². The first-order valence-electron chi connectivity index (χ1n) is 11.9. The average Bonchev–Trinajstić information content (AvgIpc) is 2.82. The number of amides is 1. The molecule has 1 aliphatic heterocycles. The average molecular weight is 608 g/mol. The Kier molecular flexibility index (Phi) is 7.29. The third-order valence-corrected chi connectivity index (χ3v) is 8.75. The third kappa shape index (κ3) is 4.85. The zero-order chi connectivity index (χ0) is 25.5. The highest BCUT2D eigenvalue weighted by atomic mass is 127. The molecule has 1 N–H and O–H groups in total. The van der Waals surface area contributed by atoms with Gasteiger partial charge in [-0.15, -0.1) is 0 Å². The van der Waals surface area contributed by atoms with E-state index in [1.165, 1.54) is 0 Å². The van der Waals surface area contributed by atoms with Crippen LogP contribution in [-0.2, 0) is 0 Å². The summed E-state index contributed by atoms with van der Waals surface area (Å²) in [6, 6.07) is 14.9. The fourth-order valence-electron chi connectivity index (χ4n) is 5.97. The summed E-state index contributed by atoms with van der Waals surface area (Å²) in [6.07, 6.45) is 1.18. The van der Waals surface area contributed by atoms with Crippen molar-refractivity contribution in [1.29, 1.82) is 5.26 Å². The SMILES string of the molecule is CC1(C)[C@H](Oc2ccc(C#N)c(Cl)c2)C(C)(C)[C@H]1N(I)C(=O)c1ccc(N2CCC(O)CC2)cc1. The Hall–Kier alpha value is -2.02. The normalized spacial score (nSPS) is 23.2. The fourth-order valence-corrected chi connectivity index (χ4v) is 7.90. The molecule has 0 atom stereocenters. The number of hydrogen-bond donors (Lipinski definition) is 1. The van der Waals surface area contributed by atoms with Crippen LogP contribution in [0.5, 0.6) is 5.75 Å². The molecular weight excluding hydrogens is 577 g/mol. The molecule has 4 rings (SSSR count). The topological polar surface area (TPSA) is 76.8 Å². The van der Waals surface area contributed by atoms with E-state index in [1.807, 2.05) is 27.4 Å². The molecule has 0 radical (unpaired) electrons. The maximum atomic E-state index is 13.4. The van der Waals surface area contributed by atoms with Gasteiger partial charge in [0.15, 0.2) is 0 Å².